The number of hydrogen-bond acceptors (Lipinski definition) is 4. The van der Waals surface area contributed by atoms with Gasteiger partial charge in [-0.3, -0.25) is 4.79 Å². The summed E-state index contributed by atoms with van der Waals surface area (Å²) in [7, 11) is 0. The lowest BCUT2D eigenvalue weighted by molar-refractivity contribution is -0.116. The number of carbonyl (C=O) groups excluding carboxylic acids is 1. The van der Waals surface area contributed by atoms with Crippen LogP contribution in [0.5, 0.6) is 0 Å². The molecule has 2 aromatic rings. The highest BCUT2D eigenvalue weighted by Crippen LogP contribution is 2.28. The molecule has 100 valence electrons. The molecule has 0 aliphatic carbocycles. The van der Waals surface area contributed by atoms with E-state index in [1.54, 1.807) is 0 Å². The van der Waals surface area contributed by atoms with Gasteiger partial charge in [-0.15, -0.1) is 0 Å². The molecule has 1 atom stereocenters. The van der Waals surface area contributed by atoms with E-state index < -0.39 is 0 Å². The first-order valence-corrected chi connectivity index (χ1v) is 7.43. The minimum Gasteiger partial charge on any atom is -0.313 e. The first-order valence-electron chi connectivity index (χ1n) is 6.62. The van der Waals surface area contributed by atoms with Gasteiger partial charge in [0.25, 0.3) is 0 Å². The Morgan fingerprint density at radius 3 is 3.21 bits per heavy atom. The summed E-state index contributed by atoms with van der Waals surface area (Å²) in [5.74, 6) is 0.0520. The van der Waals surface area contributed by atoms with Crippen LogP contribution >= 0.6 is 11.3 Å². The molecule has 19 heavy (non-hydrogen) atoms. The van der Waals surface area contributed by atoms with Crippen LogP contribution in [0.3, 0.4) is 0 Å². The smallest absolute Gasteiger partial charge is 0.227 e. The highest BCUT2D eigenvalue weighted by atomic mass is 32.1. The van der Waals surface area contributed by atoms with Gasteiger partial charge in [0.2, 0.25) is 5.91 Å². The van der Waals surface area contributed by atoms with Crippen LogP contribution in [-0.4, -0.2) is 23.5 Å². The van der Waals surface area contributed by atoms with Crippen LogP contribution in [0.2, 0.25) is 0 Å². The number of benzene rings is 1. The summed E-state index contributed by atoms with van der Waals surface area (Å²) in [4.78, 5) is 16.4. The summed E-state index contributed by atoms with van der Waals surface area (Å²) in [6.07, 6.45) is 2.79. The minimum atomic E-state index is 0.0520. The predicted molar refractivity (Wildman–Crippen MR) is 78.6 cm³/mol. The third-order valence-corrected chi connectivity index (χ3v) is 4.40. The molecule has 1 aliphatic heterocycles. The Balaban J connectivity index is 1.70. The quantitative estimate of drug-likeness (QED) is 0.905. The first-order chi connectivity index (χ1) is 9.22. The molecule has 1 unspecified atom stereocenters. The second kappa shape index (κ2) is 5.27. The monoisotopic (exact) mass is 275 g/mol. The number of aryl methyl sites for hydroxylation is 1. The van der Waals surface area contributed by atoms with Crippen LogP contribution in [0.15, 0.2) is 18.2 Å². The highest BCUT2D eigenvalue weighted by molar-refractivity contribution is 7.22. The normalized spacial score (nSPS) is 18.9. The summed E-state index contributed by atoms with van der Waals surface area (Å²) in [6.45, 7) is 3.06. The average molecular weight is 275 g/mol. The van der Waals surface area contributed by atoms with Crippen molar-refractivity contribution in [2.45, 2.75) is 32.2 Å². The second-order valence-electron chi connectivity index (χ2n) is 4.99. The van der Waals surface area contributed by atoms with Gasteiger partial charge in [0.05, 0.1) is 10.2 Å². The van der Waals surface area contributed by atoms with E-state index in [1.165, 1.54) is 11.3 Å². The zero-order valence-electron chi connectivity index (χ0n) is 10.9. The van der Waals surface area contributed by atoms with Crippen molar-refractivity contribution in [3.8, 4) is 0 Å². The lowest BCUT2D eigenvalue weighted by Gasteiger charge is -2.08. The van der Waals surface area contributed by atoms with Crippen LogP contribution in [0.1, 0.15) is 24.8 Å². The van der Waals surface area contributed by atoms with E-state index in [-0.39, 0.29) is 5.91 Å². The molecular formula is C14H17N3OS. The fourth-order valence-corrected chi connectivity index (χ4v) is 3.42. The van der Waals surface area contributed by atoms with Crippen LogP contribution in [-0.2, 0) is 4.79 Å². The Hall–Kier alpha value is -1.46. The number of carbonyl (C=O) groups is 1. The maximum atomic E-state index is 11.9. The van der Waals surface area contributed by atoms with Gasteiger partial charge in [0, 0.05) is 12.5 Å². The molecule has 2 heterocycles. The topological polar surface area (TPSA) is 54.0 Å². The van der Waals surface area contributed by atoms with E-state index in [9.17, 15) is 4.79 Å². The van der Waals surface area contributed by atoms with Gasteiger partial charge in [-0.1, -0.05) is 23.5 Å². The van der Waals surface area contributed by atoms with Crippen LogP contribution in [0.25, 0.3) is 10.2 Å². The molecule has 1 amide bonds. The molecule has 1 fully saturated rings. The number of fused-ring (bicyclic) bond motifs is 1. The number of para-hydroxylation sites is 1. The molecule has 0 saturated carbocycles. The van der Waals surface area contributed by atoms with Gasteiger partial charge in [0.1, 0.15) is 0 Å². The van der Waals surface area contributed by atoms with Gasteiger partial charge >= 0.3 is 0 Å². The molecular weight excluding hydrogens is 258 g/mol. The van der Waals surface area contributed by atoms with Crippen LogP contribution < -0.4 is 10.6 Å². The Kier molecular flexibility index (Phi) is 3.48. The van der Waals surface area contributed by atoms with Crippen molar-refractivity contribution in [3.63, 3.8) is 0 Å². The van der Waals surface area contributed by atoms with Gasteiger partial charge in [0.15, 0.2) is 5.13 Å². The minimum absolute atomic E-state index is 0.0520. The van der Waals surface area contributed by atoms with Crippen molar-refractivity contribution in [2.24, 2.45) is 0 Å². The molecule has 3 rings (SSSR count). The van der Waals surface area contributed by atoms with Crippen molar-refractivity contribution < 1.29 is 4.79 Å². The van der Waals surface area contributed by atoms with E-state index in [1.807, 2.05) is 25.1 Å². The number of aromatic nitrogens is 1. The van der Waals surface area contributed by atoms with Gasteiger partial charge in [-0.25, -0.2) is 4.98 Å². The molecule has 0 radical (unpaired) electrons. The molecule has 0 bridgehead atoms. The summed E-state index contributed by atoms with van der Waals surface area (Å²) in [5, 5.41) is 6.95. The van der Waals surface area contributed by atoms with Gasteiger partial charge < -0.3 is 10.6 Å². The van der Waals surface area contributed by atoms with Crippen LogP contribution in [0, 0.1) is 6.92 Å². The Morgan fingerprint density at radius 1 is 1.58 bits per heavy atom. The van der Waals surface area contributed by atoms with Crippen molar-refractivity contribution in [1.82, 2.24) is 10.3 Å². The number of amides is 1. The predicted octanol–water partition coefficient (Wildman–Crippen LogP) is 2.69. The molecule has 4 nitrogen and oxygen atoms in total. The van der Waals surface area contributed by atoms with Crippen molar-refractivity contribution in [2.75, 3.05) is 11.9 Å². The number of rotatable bonds is 3. The third-order valence-electron chi connectivity index (χ3n) is 3.46. The number of nitrogens with zero attached hydrogens (tertiary/aromatic N) is 1. The average Bonchev–Trinajstić information content (AvgIpc) is 2.98. The van der Waals surface area contributed by atoms with Gasteiger partial charge in [-0.2, -0.15) is 0 Å². The second-order valence-corrected chi connectivity index (χ2v) is 6.02. The molecule has 1 saturated heterocycles. The summed E-state index contributed by atoms with van der Waals surface area (Å²) in [6, 6.07) is 6.42. The first kappa shape index (κ1) is 12.6. The fraction of sp³-hybridized carbons (Fsp3) is 0.429. The molecule has 1 aromatic heterocycles. The maximum Gasteiger partial charge on any atom is 0.227 e. The summed E-state index contributed by atoms with van der Waals surface area (Å²) < 4.78 is 1.12. The standard InChI is InChI=1S/C14H17N3OS/c1-9-4-2-6-11-13(9)17-14(19-11)16-12(18)8-10-5-3-7-15-10/h2,4,6,10,15H,3,5,7-8H2,1H3,(H,16,17,18). The maximum absolute atomic E-state index is 11.9. The lowest BCUT2D eigenvalue weighted by atomic mass is 10.1. The van der Waals surface area contributed by atoms with E-state index >= 15 is 0 Å². The Bertz CT molecular complexity index is 602. The SMILES string of the molecule is Cc1cccc2sc(NC(=O)CC3CCCN3)nc12. The number of nitrogens with one attached hydrogen (secondary N) is 2. The zero-order chi connectivity index (χ0) is 13.2. The lowest BCUT2D eigenvalue weighted by Crippen LogP contribution is -2.27. The molecule has 2 N–H and O–H groups in total. The summed E-state index contributed by atoms with van der Waals surface area (Å²) in [5.41, 5.74) is 2.13. The highest BCUT2D eigenvalue weighted by Gasteiger charge is 2.18. The van der Waals surface area contributed by atoms with Crippen molar-refractivity contribution >= 4 is 32.6 Å². The van der Waals surface area contributed by atoms with E-state index in [0.717, 1.165) is 35.2 Å². The van der Waals surface area contributed by atoms with Gasteiger partial charge in [-0.05, 0) is 37.9 Å². The Labute approximate surface area is 116 Å². The zero-order valence-corrected chi connectivity index (χ0v) is 11.7. The summed E-state index contributed by atoms with van der Waals surface area (Å²) >= 11 is 1.53. The largest absolute Gasteiger partial charge is 0.313 e. The van der Waals surface area contributed by atoms with E-state index in [0.29, 0.717) is 17.6 Å². The number of thiazole rings is 1. The molecule has 5 heteroatoms. The van der Waals surface area contributed by atoms with E-state index in [4.69, 9.17) is 0 Å². The Morgan fingerprint density at radius 2 is 2.47 bits per heavy atom. The third kappa shape index (κ3) is 2.77. The number of anilines is 1. The van der Waals surface area contributed by atoms with Crippen molar-refractivity contribution in [3.05, 3.63) is 23.8 Å². The molecule has 1 aromatic carbocycles. The van der Waals surface area contributed by atoms with Crippen molar-refractivity contribution in [1.29, 1.82) is 0 Å². The molecule has 0 spiro atoms. The van der Waals surface area contributed by atoms with E-state index in [2.05, 4.69) is 15.6 Å². The van der Waals surface area contributed by atoms with Crippen LogP contribution in [0.4, 0.5) is 5.13 Å². The number of hydrogen-bond donors (Lipinski definition) is 2. The molecule has 1 aliphatic rings. The fourth-order valence-electron chi connectivity index (χ4n) is 2.46.